The van der Waals surface area contributed by atoms with Crippen LogP contribution in [-0.4, -0.2) is 89.2 Å². The minimum absolute atomic E-state index is 0.0540. The fraction of sp³-hybridized carbons (Fsp3) is 0.785. The molecule has 0 aromatic carbocycles. The second kappa shape index (κ2) is 53.1. The Balaban J connectivity index is 2.64. The molecule has 0 radical (unpaired) electrons. The third kappa shape index (κ3) is 43.0. The van der Waals surface area contributed by atoms with Gasteiger partial charge in [0.15, 0.2) is 24.6 Å². The highest BCUT2D eigenvalue weighted by atomic mass is 16.7. The molecule has 12 heteroatoms. The molecule has 1 aliphatic heterocycles. The van der Waals surface area contributed by atoms with Gasteiger partial charge < -0.3 is 39.0 Å². The van der Waals surface area contributed by atoms with Crippen molar-refractivity contribution < 1.29 is 58.2 Å². The lowest BCUT2D eigenvalue weighted by Gasteiger charge is -2.40. The molecule has 0 aromatic heterocycles. The van der Waals surface area contributed by atoms with E-state index in [1.165, 1.54) is 103 Å². The van der Waals surface area contributed by atoms with Gasteiger partial charge in [-0.05, 0) is 103 Å². The first kappa shape index (κ1) is 71.4. The zero-order chi connectivity index (χ0) is 56.1. The first-order chi connectivity index (χ1) is 37.6. The van der Waals surface area contributed by atoms with Crippen LogP contribution in [0.1, 0.15) is 278 Å². The van der Waals surface area contributed by atoms with Gasteiger partial charge in [0.1, 0.15) is 18.8 Å². The normalized spacial score (nSPS) is 18.4. The van der Waals surface area contributed by atoms with Gasteiger partial charge in [-0.2, -0.15) is 0 Å². The van der Waals surface area contributed by atoms with Gasteiger partial charge in [0.25, 0.3) is 0 Å². The number of carboxylic acids is 1. The van der Waals surface area contributed by atoms with Crippen molar-refractivity contribution in [1.29, 1.82) is 0 Å². The van der Waals surface area contributed by atoms with Crippen LogP contribution in [0.15, 0.2) is 60.8 Å². The quantitative estimate of drug-likeness (QED) is 0.0228. The predicted octanol–water partition coefficient (Wildman–Crippen LogP) is 16.3. The third-order valence-corrected chi connectivity index (χ3v) is 14.0. The summed E-state index contributed by atoms with van der Waals surface area (Å²) in [4.78, 5) is 51.2. The number of hydrogen-bond acceptors (Lipinski definition) is 11. The van der Waals surface area contributed by atoms with Crippen LogP contribution in [0.25, 0.3) is 0 Å². The first-order valence-corrected chi connectivity index (χ1v) is 31.3. The number of aliphatic hydroxyl groups excluding tert-OH is 2. The Kier molecular flexibility index (Phi) is 49.2. The van der Waals surface area contributed by atoms with Gasteiger partial charge in [-0.3, -0.25) is 14.4 Å². The summed E-state index contributed by atoms with van der Waals surface area (Å²) in [5.74, 6) is -3.13. The number of allylic oxidation sites excluding steroid dienone is 10. The van der Waals surface area contributed by atoms with E-state index in [4.69, 9.17) is 23.7 Å². The number of esters is 3. The van der Waals surface area contributed by atoms with E-state index in [9.17, 15) is 34.5 Å². The molecule has 6 atom stereocenters. The molecule has 1 fully saturated rings. The van der Waals surface area contributed by atoms with Gasteiger partial charge >= 0.3 is 23.9 Å². The van der Waals surface area contributed by atoms with Crippen molar-refractivity contribution in [3.8, 4) is 0 Å². The second-order valence-corrected chi connectivity index (χ2v) is 21.3. The van der Waals surface area contributed by atoms with Gasteiger partial charge in [-0.15, -0.1) is 0 Å². The topological polar surface area (TPSA) is 175 Å². The van der Waals surface area contributed by atoms with Crippen molar-refractivity contribution in [3.05, 3.63) is 60.8 Å². The van der Waals surface area contributed by atoms with E-state index in [0.29, 0.717) is 19.3 Å². The molecule has 0 aromatic rings. The molecular formula is C65H112O12. The van der Waals surface area contributed by atoms with Gasteiger partial charge in [-0.25, -0.2) is 4.79 Å². The molecule has 12 nitrogen and oxygen atoms in total. The first-order valence-electron chi connectivity index (χ1n) is 31.3. The van der Waals surface area contributed by atoms with Crippen LogP contribution in [0, 0.1) is 0 Å². The standard InChI is InChI=1S/C65H112O12/c1-4-7-10-13-16-19-22-24-26-28-29-31-33-35-38-41-44-47-50-53-59(68)76-63-61(70)60(69)62(64(71)72)77-65(63)74-55-56(75-58(67)52-49-46-43-40-36-21-18-15-12-9-6-3)54-73-57(66)51-48-45-42-39-37-34-32-30-27-25-23-20-17-14-11-8-5-2/h15-20,24-27,56,60-63,65,69-70H,4-14,21-23,28-55H2,1-3H3,(H,71,72)/b18-15-,19-16-,20-17-,26-24-,27-25-. The fourth-order valence-corrected chi connectivity index (χ4v) is 9.17. The van der Waals surface area contributed by atoms with Crippen LogP contribution in [0.3, 0.4) is 0 Å². The highest BCUT2D eigenvalue weighted by Crippen LogP contribution is 2.26. The van der Waals surface area contributed by atoms with Crippen molar-refractivity contribution in [1.82, 2.24) is 0 Å². The number of aliphatic carboxylic acids is 1. The third-order valence-electron chi connectivity index (χ3n) is 14.0. The highest BCUT2D eigenvalue weighted by molar-refractivity contribution is 5.74. The number of carboxylic acid groups (broad SMARTS) is 1. The molecule has 0 amide bonds. The van der Waals surface area contributed by atoms with Gasteiger partial charge in [0.2, 0.25) is 0 Å². The van der Waals surface area contributed by atoms with Crippen molar-refractivity contribution >= 4 is 23.9 Å². The predicted molar refractivity (Wildman–Crippen MR) is 312 cm³/mol. The number of hydrogen-bond donors (Lipinski definition) is 3. The molecule has 6 unspecified atom stereocenters. The van der Waals surface area contributed by atoms with Gasteiger partial charge in [-0.1, -0.05) is 216 Å². The summed E-state index contributed by atoms with van der Waals surface area (Å²) in [6, 6.07) is 0. The Morgan fingerprint density at radius 2 is 0.792 bits per heavy atom. The molecule has 444 valence electrons. The molecule has 1 rings (SSSR count). The van der Waals surface area contributed by atoms with Crippen molar-refractivity contribution in [3.63, 3.8) is 0 Å². The molecular weight excluding hydrogens is 973 g/mol. The van der Waals surface area contributed by atoms with Crippen LogP contribution in [0.4, 0.5) is 0 Å². The van der Waals surface area contributed by atoms with Crippen LogP contribution in [0.2, 0.25) is 0 Å². The average molecular weight is 1090 g/mol. The Hall–Kier alpha value is -3.58. The average Bonchev–Trinajstić information content (AvgIpc) is 3.41. The number of unbranched alkanes of at least 4 members (excludes halogenated alkanes) is 29. The van der Waals surface area contributed by atoms with Crippen molar-refractivity contribution in [2.45, 2.75) is 314 Å². The largest absolute Gasteiger partial charge is 0.479 e. The smallest absolute Gasteiger partial charge is 0.335 e. The lowest BCUT2D eigenvalue weighted by molar-refractivity contribution is -0.301. The molecule has 1 heterocycles. The summed E-state index contributed by atoms with van der Waals surface area (Å²) in [5.41, 5.74) is 0. The summed E-state index contributed by atoms with van der Waals surface area (Å²) in [5, 5.41) is 31.5. The van der Waals surface area contributed by atoms with E-state index >= 15 is 0 Å². The maximum absolute atomic E-state index is 13.1. The van der Waals surface area contributed by atoms with Crippen molar-refractivity contribution in [2.24, 2.45) is 0 Å². The monoisotopic (exact) mass is 1080 g/mol. The zero-order valence-corrected chi connectivity index (χ0v) is 49.0. The summed E-state index contributed by atoms with van der Waals surface area (Å²) < 4.78 is 28.5. The van der Waals surface area contributed by atoms with E-state index < -0.39 is 67.3 Å². The summed E-state index contributed by atoms with van der Waals surface area (Å²) >= 11 is 0. The highest BCUT2D eigenvalue weighted by Gasteiger charge is 2.50. The molecule has 77 heavy (non-hydrogen) atoms. The van der Waals surface area contributed by atoms with Gasteiger partial charge in [0.05, 0.1) is 6.61 Å². The summed E-state index contributed by atoms with van der Waals surface area (Å²) in [6.07, 6.45) is 53.2. The van der Waals surface area contributed by atoms with Crippen LogP contribution < -0.4 is 0 Å². The Labute approximate surface area is 468 Å². The van der Waals surface area contributed by atoms with E-state index in [1.54, 1.807) is 0 Å². The number of aliphatic hydroxyl groups is 2. The Morgan fingerprint density at radius 1 is 0.429 bits per heavy atom. The maximum atomic E-state index is 13.1. The Morgan fingerprint density at radius 3 is 1.22 bits per heavy atom. The van der Waals surface area contributed by atoms with E-state index in [1.807, 2.05) is 0 Å². The number of carbonyl (C=O) groups is 4. The molecule has 0 bridgehead atoms. The molecule has 0 aliphatic carbocycles. The zero-order valence-electron chi connectivity index (χ0n) is 49.0. The number of ether oxygens (including phenoxy) is 5. The van der Waals surface area contributed by atoms with Crippen LogP contribution >= 0.6 is 0 Å². The molecule has 1 saturated heterocycles. The Bertz CT molecular complexity index is 1570. The molecule has 1 aliphatic rings. The van der Waals surface area contributed by atoms with Crippen molar-refractivity contribution in [2.75, 3.05) is 13.2 Å². The van der Waals surface area contributed by atoms with Gasteiger partial charge in [0, 0.05) is 19.3 Å². The van der Waals surface area contributed by atoms with Crippen LogP contribution in [-0.2, 0) is 42.9 Å². The lowest BCUT2D eigenvalue weighted by Crippen LogP contribution is -2.61. The molecule has 0 saturated carbocycles. The minimum Gasteiger partial charge on any atom is -0.479 e. The van der Waals surface area contributed by atoms with E-state index in [0.717, 1.165) is 116 Å². The van der Waals surface area contributed by atoms with Crippen LogP contribution in [0.5, 0.6) is 0 Å². The number of carbonyl (C=O) groups excluding carboxylic acids is 3. The lowest BCUT2D eigenvalue weighted by atomic mass is 9.98. The second-order valence-electron chi connectivity index (χ2n) is 21.3. The fourth-order valence-electron chi connectivity index (χ4n) is 9.17. The minimum atomic E-state index is -1.91. The van der Waals surface area contributed by atoms with E-state index in [-0.39, 0.29) is 25.9 Å². The number of rotatable bonds is 53. The summed E-state index contributed by atoms with van der Waals surface area (Å²) in [7, 11) is 0. The maximum Gasteiger partial charge on any atom is 0.335 e. The van der Waals surface area contributed by atoms with E-state index in [2.05, 4.69) is 81.5 Å². The molecule has 3 N–H and O–H groups in total. The summed E-state index contributed by atoms with van der Waals surface area (Å²) in [6.45, 7) is 5.91. The molecule has 0 spiro atoms. The SMILES string of the molecule is CCCC/C=C\CCCCCCCC(=O)OC(COC(=O)CCCCCCCCC/C=C\C/C=C\CCCCC)COC1OC(C(=O)O)C(O)C(O)C1OC(=O)CCCCCCCCCCC/C=C\C/C=C\CCCCC.